The van der Waals surface area contributed by atoms with Crippen molar-refractivity contribution < 1.29 is 4.74 Å². The first-order valence-electron chi connectivity index (χ1n) is 17.3. The third-order valence-electron chi connectivity index (χ3n) is 10.6. The highest BCUT2D eigenvalue weighted by Gasteiger charge is 2.34. The second-order valence-corrected chi connectivity index (χ2v) is 13.8. The fourth-order valence-electron chi connectivity index (χ4n) is 8.19. The highest BCUT2D eigenvalue weighted by molar-refractivity contribution is 6.22. The summed E-state index contributed by atoms with van der Waals surface area (Å²) in [5.74, 6) is 1.81. The lowest BCUT2D eigenvalue weighted by Gasteiger charge is -2.35. The molecule has 8 aromatic carbocycles. The number of fused-ring (bicyclic) bond motifs is 8. The fourth-order valence-corrected chi connectivity index (χ4v) is 8.19. The van der Waals surface area contributed by atoms with Gasteiger partial charge in [-0.3, -0.25) is 0 Å². The number of aromatic nitrogens is 1. The first-order valence-corrected chi connectivity index (χ1v) is 17.3. The average Bonchev–Trinajstić information content (AvgIpc) is 3.50. The van der Waals surface area contributed by atoms with Crippen LogP contribution in [0.1, 0.15) is 25.0 Å². The molecule has 0 amide bonds. The zero-order valence-corrected chi connectivity index (χ0v) is 28.0. The predicted molar refractivity (Wildman–Crippen MR) is 209 cm³/mol. The minimum atomic E-state index is -0.188. The second-order valence-electron chi connectivity index (χ2n) is 13.8. The number of hydrogen-bond donors (Lipinski definition) is 0. The third kappa shape index (κ3) is 4.23. The van der Waals surface area contributed by atoms with Crippen molar-refractivity contribution in [3.05, 3.63) is 181 Å². The van der Waals surface area contributed by atoms with Crippen LogP contribution in [-0.4, -0.2) is 4.57 Å². The van der Waals surface area contributed by atoms with Crippen molar-refractivity contribution >= 4 is 60.4 Å². The second kappa shape index (κ2) is 10.8. The molecule has 0 aliphatic carbocycles. The zero-order valence-electron chi connectivity index (χ0n) is 28.0. The van der Waals surface area contributed by atoms with Gasteiger partial charge >= 0.3 is 0 Å². The van der Waals surface area contributed by atoms with Crippen LogP contribution in [0.2, 0.25) is 0 Å². The standard InChI is InChI=1S/C47H34N2O/c1-47(2)39-20-10-11-22-44(39)50-45-30-35(24-26-40(45)47)48(41-21-12-15-31-13-6-8-18-36(31)41)34-25-28-42-38(29-34)46-37-19-9-7-14-32(37)23-27-43(46)49(42)33-16-4-3-5-17-33/h3-30H,1-2H3. The Hall–Kier alpha value is -6.32. The number of hydrogen-bond acceptors (Lipinski definition) is 2. The van der Waals surface area contributed by atoms with Gasteiger partial charge in [0.1, 0.15) is 11.5 Å². The van der Waals surface area contributed by atoms with Crippen molar-refractivity contribution in [1.82, 2.24) is 4.57 Å². The molecule has 238 valence electrons. The van der Waals surface area contributed by atoms with E-state index in [9.17, 15) is 0 Å². The summed E-state index contributed by atoms with van der Waals surface area (Å²) in [5.41, 5.74) is 8.98. The molecule has 0 fully saturated rings. The molecule has 9 aromatic rings. The first-order chi connectivity index (χ1) is 24.6. The minimum absolute atomic E-state index is 0.188. The number of nitrogens with zero attached hydrogens (tertiary/aromatic N) is 2. The van der Waals surface area contributed by atoms with Crippen LogP contribution in [0.25, 0.3) is 49.0 Å². The van der Waals surface area contributed by atoms with Gasteiger partial charge in [-0.2, -0.15) is 0 Å². The summed E-state index contributed by atoms with van der Waals surface area (Å²) in [5, 5.41) is 7.35. The van der Waals surface area contributed by atoms with Gasteiger partial charge in [-0.15, -0.1) is 0 Å². The summed E-state index contributed by atoms with van der Waals surface area (Å²) in [7, 11) is 0. The SMILES string of the molecule is CC1(C)c2ccccc2Oc2cc(N(c3ccc4c(c3)c3c5ccccc5ccc3n4-c3ccccc3)c3cccc4ccccc34)ccc21. The van der Waals surface area contributed by atoms with E-state index in [0.717, 1.165) is 34.2 Å². The molecule has 2 heterocycles. The van der Waals surface area contributed by atoms with Crippen molar-refractivity contribution in [2.75, 3.05) is 4.90 Å². The Balaban J connectivity index is 1.26. The maximum absolute atomic E-state index is 6.66. The van der Waals surface area contributed by atoms with Crippen molar-refractivity contribution in [3.8, 4) is 17.2 Å². The van der Waals surface area contributed by atoms with E-state index in [1.54, 1.807) is 0 Å². The smallest absolute Gasteiger partial charge is 0.133 e. The van der Waals surface area contributed by atoms with Gasteiger partial charge in [-0.1, -0.05) is 123 Å². The molecule has 0 N–H and O–H groups in total. The highest BCUT2D eigenvalue weighted by atomic mass is 16.5. The lowest BCUT2D eigenvalue weighted by molar-refractivity contribution is 0.418. The molecule has 0 unspecified atom stereocenters. The molecule has 3 nitrogen and oxygen atoms in total. The predicted octanol–water partition coefficient (Wildman–Crippen LogP) is 13.0. The number of rotatable bonds is 4. The van der Waals surface area contributed by atoms with Gasteiger partial charge in [-0.05, 0) is 70.8 Å². The van der Waals surface area contributed by atoms with Crippen molar-refractivity contribution in [2.45, 2.75) is 19.3 Å². The quantitative estimate of drug-likeness (QED) is 0.190. The zero-order chi connectivity index (χ0) is 33.4. The van der Waals surface area contributed by atoms with E-state index in [0.29, 0.717) is 0 Å². The van der Waals surface area contributed by atoms with E-state index < -0.39 is 0 Å². The molecule has 0 atom stereocenters. The Bertz CT molecular complexity index is 2770. The van der Waals surface area contributed by atoms with Crippen LogP contribution in [0.3, 0.4) is 0 Å². The maximum Gasteiger partial charge on any atom is 0.133 e. The molecule has 0 saturated heterocycles. The topological polar surface area (TPSA) is 17.4 Å². The molecule has 1 aliphatic rings. The van der Waals surface area contributed by atoms with E-state index in [1.165, 1.54) is 54.5 Å². The molecule has 10 rings (SSSR count). The van der Waals surface area contributed by atoms with Crippen LogP contribution in [0.4, 0.5) is 17.1 Å². The van der Waals surface area contributed by atoms with E-state index in [1.807, 2.05) is 0 Å². The van der Waals surface area contributed by atoms with Gasteiger partial charge in [0.25, 0.3) is 0 Å². The Morgan fingerprint density at radius 1 is 0.480 bits per heavy atom. The van der Waals surface area contributed by atoms with E-state index in [-0.39, 0.29) is 5.41 Å². The highest BCUT2D eigenvalue weighted by Crippen LogP contribution is 2.50. The van der Waals surface area contributed by atoms with Crippen LogP contribution in [0.15, 0.2) is 170 Å². The number of anilines is 3. The maximum atomic E-state index is 6.66. The molecule has 3 heteroatoms. The minimum Gasteiger partial charge on any atom is -0.457 e. The summed E-state index contributed by atoms with van der Waals surface area (Å²) < 4.78 is 9.06. The van der Waals surface area contributed by atoms with Crippen molar-refractivity contribution in [1.29, 1.82) is 0 Å². The molecule has 0 bridgehead atoms. The monoisotopic (exact) mass is 642 g/mol. The van der Waals surface area contributed by atoms with Gasteiger partial charge < -0.3 is 14.2 Å². The largest absolute Gasteiger partial charge is 0.457 e. The van der Waals surface area contributed by atoms with E-state index in [4.69, 9.17) is 4.74 Å². The summed E-state index contributed by atoms with van der Waals surface area (Å²) in [6.07, 6.45) is 0. The van der Waals surface area contributed by atoms with Gasteiger partial charge in [0.05, 0.1) is 16.7 Å². The first kappa shape index (κ1) is 28.7. The van der Waals surface area contributed by atoms with Gasteiger partial charge in [0, 0.05) is 55.8 Å². The lowest BCUT2D eigenvalue weighted by atomic mass is 9.76. The Labute approximate surface area is 291 Å². The molecule has 1 aliphatic heterocycles. The van der Waals surface area contributed by atoms with Crippen molar-refractivity contribution in [3.63, 3.8) is 0 Å². The molecule has 1 aromatic heterocycles. The summed E-state index contributed by atoms with van der Waals surface area (Å²) in [4.78, 5) is 2.40. The van der Waals surface area contributed by atoms with Crippen LogP contribution in [0, 0.1) is 0 Å². The molecular formula is C47H34N2O. The lowest BCUT2D eigenvalue weighted by Crippen LogP contribution is -2.24. The van der Waals surface area contributed by atoms with Crippen LogP contribution in [-0.2, 0) is 5.41 Å². The fraction of sp³-hybridized carbons (Fsp3) is 0.0638. The summed E-state index contributed by atoms with van der Waals surface area (Å²) in [6.45, 7) is 4.58. The Kier molecular flexibility index (Phi) is 6.22. The molecule has 0 radical (unpaired) electrons. The summed E-state index contributed by atoms with van der Waals surface area (Å²) in [6, 6.07) is 61.2. The molecule has 0 saturated carbocycles. The van der Waals surface area contributed by atoms with Gasteiger partial charge in [0.2, 0.25) is 0 Å². The van der Waals surface area contributed by atoms with E-state index >= 15 is 0 Å². The molecule has 0 spiro atoms. The van der Waals surface area contributed by atoms with Crippen LogP contribution >= 0.6 is 0 Å². The Morgan fingerprint density at radius 3 is 1.98 bits per heavy atom. The van der Waals surface area contributed by atoms with Crippen LogP contribution in [0.5, 0.6) is 11.5 Å². The summed E-state index contributed by atoms with van der Waals surface area (Å²) >= 11 is 0. The number of para-hydroxylation sites is 2. The normalized spacial score (nSPS) is 13.3. The average molecular weight is 643 g/mol. The number of ether oxygens (including phenoxy) is 1. The molecular weight excluding hydrogens is 609 g/mol. The van der Waals surface area contributed by atoms with Crippen molar-refractivity contribution in [2.24, 2.45) is 0 Å². The number of benzene rings is 8. The molecule has 50 heavy (non-hydrogen) atoms. The van der Waals surface area contributed by atoms with Gasteiger partial charge in [-0.25, -0.2) is 0 Å². The van der Waals surface area contributed by atoms with E-state index in [2.05, 4.69) is 193 Å². The third-order valence-corrected chi connectivity index (χ3v) is 10.6. The van der Waals surface area contributed by atoms with Gasteiger partial charge in [0.15, 0.2) is 0 Å². The Morgan fingerprint density at radius 2 is 1.12 bits per heavy atom. The van der Waals surface area contributed by atoms with Crippen LogP contribution < -0.4 is 9.64 Å².